The summed E-state index contributed by atoms with van der Waals surface area (Å²) in [4.78, 5) is 17.4. The van der Waals surface area contributed by atoms with Crippen LogP contribution in [0.2, 0.25) is 0 Å². The molecule has 0 unspecified atom stereocenters. The molecule has 2 aliphatic heterocycles. The minimum atomic E-state index is -0.372. The molecule has 32 heavy (non-hydrogen) atoms. The highest BCUT2D eigenvalue weighted by atomic mass is 19.1. The van der Waals surface area contributed by atoms with Crippen molar-refractivity contribution in [3.05, 3.63) is 101 Å². The molecule has 5 rings (SSSR count). The minimum absolute atomic E-state index is 0.170. The molecule has 1 spiro atoms. The lowest BCUT2D eigenvalue weighted by Crippen LogP contribution is -2.45. The van der Waals surface area contributed by atoms with Crippen molar-refractivity contribution in [3.8, 4) is 0 Å². The number of likely N-dealkylation sites (tertiary alicyclic amines) is 1. The average Bonchev–Trinajstić information content (AvgIpc) is 3.10. The van der Waals surface area contributed by atoms with Gasteiger partial charge in [-0.1, -0.05) is 29.8 Å². The maximum atomic E-state index is 14.2. The molecule has 1 fully saturated rings. The Morgan fingerprint density at radius 2 is 1.56 bits per heavy atom. The van der Waals surface area contributed by atoms with Crippen LogP contribution in [0.4, 0.5) is 14.5 Å². The Morgan fingerprint density at radius 1 is 0.906 bits per heavy atom. The summed E-state index contributed by atoms with van der Waals surface area (Å²) >= 11 is 0. The van der Waals surface area contributed by atoms with Gasteiger partial charge in [0.2, 0.25) is 0 Å². The van der Waals surface area contributed by atoms with Crippen molar-refractivity contribution < 1.29 is 13.6 Å². The van der Waals surface area contributed by atoms with Crippen LogP contribution in [0.25, 0.3) is 0 Å². The number of anilines is 1. The summed E-state index contributed by atoms with van der Waals surface area (Å²) in [6.07, 6.45) is 1.73. The molecule has 1 amide bonds. The molecular formula is C27H26F2N2O. The number of fused-ring (bicyclic) bond motifs is 2. The zero-order chi connectivity index (χ0) is 22.3. The largest absolute Gasteiger partial charge is 0.307 e. The zero-order valence-electron chi connectivity index (χ0n) is 18.2. The van der Waals surface area contributed by atoms with Crippen LogP contribution in [0.3, 0.4) is 0 Å². The van der Waals surface area contributed by atoms with Gasteiger partial charge in [-0.15, -0.1) is 0 Å². The van der Waals surface area contributed by atoms with Crippen molar-refractivity contribution in [2.75, 3.05) is 24.5 Å². The summed E-state index contributed by atoms with van der Waals surface area (Å²) in [5, 5.41) is 0. The predicted octanol–water partition coefficient (Wildman–Crippen LogP) is 5.47. The molecule has 2 heterocycles. The fraction of sp³-hybridized carbons (Fsp3) is 0.296. The third-order valence-corrected chi connectivity index (χ3v) is 6.96. The predicted molar refractivity (Wildman–Crippen MR) is 122 cm³/mol. The van der Waals surface area contributed by atoms with Crippen LogP contribution in [-0.4, -0.2) is 30.4 Å². The molecule has 164 valence electrons. The van der Waals surface area contributed by atoms with E-state index in [0.717, 1.165) is 43.7 Å². The van der Waals surface area contributed by atoms with Gasteiger partial charge in [-0.25, -0.2) is 8.78 Å². The third-order valence-electron chi connectivity index (χ3n) is 6.96. The van der Waals surface area contributed by atoms with Crippen LogP contribution in [-0.2, 0) is 12.0 Å². The highest BCUT2D eigenvalue weighted by Gasteiger charge is 2.46. The van der Waals surface area contributed by atoms with Crippen LogP contribution < -0.4 is 4.90 Å². The molecule has 0 saturated carbocycles. The van der Waals surface area contributed by atoms with Gasteiger partial charge in [-0.3, -0.25) is 9.69 Å². The van der Waals surface area contributed by atoms with Crippen molar-refractivity contribution in [2.24, 2.45) is 0 Å². The quantitative estimate of drug-likeness (QED) is 0.548. The van der Waals surface area contributed by atoms with Crippen LogP contribution in [0.5, 0.6) is 0 Å². The standard InChI is InChI=1S/C27H26F2N2O/c1-19-2-4-20(5-3-19)17-30-14-12-27(13-15-30)18-31(25-11-10-23(29)16-24(25)27)26(32)21-6-8-22(28)9-7-21/h2-11,16H,12-15,17-18H2,1H3. The van der Waals surface area contributed by atoms with E-state index in [0.29, 0.717) is 12.1 Å². The molecule has 0 bridgehead atoms. The first kappa shape index (κ1) is 20.8. The smallest absolute Gasteiger partial charge is 0.258 e. The molecule has 3 nitrogen and oxygen atoms in total. The van der Waals surface area contributed by atoms with Crippen molar-refractivity contribution in [2.45, 2.75) is 31.7 Å². The summed E-state index contributed by atoms with van der Waals surface area (Å²) in [7, 11) is 0. The van der Waals surface area contributed by atoms with Crippen LogP contribution in [0.1, 0.15) is 39.9 Å². The molecule has 3 aromatic carbocycles. The van der Waals surface area contributed by atoms with E-state index >= 15 is 0 Å². The van der Waals surface area contributed by atoms with Gasteiger partial charge in [-0.05, 0) is 86.4 Å². The highest BCUT2D eigenvalue weighted by molar-refractivity contribution is 6.07. The first-order chi connectivity index (χ1) is 15.4. The van der Waals surface area contributed by atoms with Crippen molar-refractivity contribution in [1.82, 2.24) is 4.90 Å². The number of piperidine rings is 1. The van der Waals surface area contributed by atoms with E-state index in [4.69, 9.17) is 0 Å². The number of halogens is 2. The molecular weight excluding hydrogens is 406 g/mol. The van der Waals surface area contributed by atoms with Gasteiger partial charge >= 0.3 is 0 Å². The second-order valence-electron chi connectivity index (χ2n) is 9.10. The minimum Gasteiger partial charge on any atom is -0.307 e. The zero-order valence-corrected chi connectivity index (χ0v) is 18.2. The summed E-state index contributed by atoms with van der Waals surface area (Å²) < 4.78 is 27.6. The maximum absolute atomic E-state index is 14.2. The highest BCUT2D eigenvalue weighted by Crippen LogP contribution is 2.47. The number of carbonyl (C=O) groups is 1. The Kier molecular flexibility index (Phi) is 5.30. The van der Waals surface area contributed by atoms with Gasteiger partial charge in [0, 0.05) is 29.8 Å². The third kappa shape index (κ3) is 3.82. The molecule has 3 aromatic rings. The number of nitrogens with zero attached hydrogens (tertiary/aromatic N) is 2. The fourth-order valence-corrected chi connectivity index (χ4v) is 5.09. The molecule has 5 heteroatoms. The summed E-state index contributed by atoms with van der Waals surface area (Å²) in [6.45, 7) is 5.29. The van der Waals surface area contributed by atoms with E-state index in [1.165, 1.54) is 41.5 Å². The molecule has 2 aliphatic rings. The second kappa shape index (κ2) is 8.14. The van der Waals surface area contributed by atoms with Crippen LogP contribution in [0, 0.1) is 18.6 Å². The lowest BCUT2D eigenvalue weighted by atomic mass is 9.74. The lowest BCUT2D eigenvalue weighted by Gasteiger charge is -2.40. The molecule has 0 aliphatic carbocycles. The van der Waals surface area contributed by atoms with Crippen LogP contribution >= 0.6 is 0 Å². The first-order valence-corrected chi connectivity index (χ1v) is 11.1. The maximum Gasteiger partial charge on any atom is 0.258 e. The van der Waals surface area contributed by atoms with E-state index in [1.807, 2.05) is 0 Å². The number of amides is 1. The summed E-state index contributed by atoms with van der Waals surface area (Å²) in [6, 6.07) is 18.9. The van der Waals surface area contributed by atoms with Gasteiger partial charge in [0.15, 0.2) is 0 Å². The van der Waals surface area contributed by atoms with E-state index < -0.39 is 0 Å². The number of hydrogen-bond donors (Lipinski definition) is 0. The van der Waals surface area contributed by atoms with E-state index in [2.05, 4.69) is 36.1 Å². The van der Waals surface area contributed by atoms with E-state index in [-0.39, 0.29) is 23.0 Å². The van der Waals surface area contributed by atoms with Gasteiger partial charge < -0.3 is 4.90 Å². The number of aryl methyl sites for hydroxylation is 1. The fourth-order valence-electron chi connectivity index (χ4n) is 5.09. The Bertz CT molecular complexity index is 1130. The normalized spacial score (nSPS) is 17.5. The number of rotatable bonds is 3. The van der Waals surface area contributed by atoms with Crippen molar-refractivity contribution in [3.63, 3.8) is 0 Å². The van der Waals surface area contributed by atoms with Crippen molar-refractivity contribution >= 4 is 11.6 Å². The molecule has 0 radical (unpaired) electrons. The first-order valence-electron chi connectivity index (χ1n) is 11.1. The molecule has 0 N–H and O–H groups in total. The van der Waals surface area contributed by atoms with E-state index in [9.17, 15) is 13.6 Å². The van der Waals surface area contributed by atoms with Gasteiger partial charge in [0.05, 0.1) is 0 Å². The number of benzene rings is 3. The molecule has 1 saturated heterocycles. The summed E-state index contributed by atoms with van der Waals surface area (Å²) in [5.74, 6) is -0.819. The summed E-state index contributed by atoms with van der Waals surface area (Å²) in [5.41, 5.74) is 4.42. The van der Waals surface area contributed by atoms with Gasteiger partial charge in [0.25, 0.3) is 5.91 Å². The van der Waals surface area contributed by atoms with Gasteiger partial charge in [-0.2, -0.15) is 0 Å². The Morgan fingerprint density at radius 3 is 2.25 bits per heavy atom. The lowest BCUT2D eigenvalue weighted by molar-refractivity contribution is 0.0975. The molecule has 0 atom stereocenters. The Balaban J connectivity index is 1.38. The topological polar surface area (TPSA) is 23.6 Å². The average molecular weight is 433 g/mol. The number of hydrogen-bond acceptors (Lipinski definition) is 2. The van der Waals surface area contributed by atoms with Gasteiger partial charge in [0.1, 0.15) is 11.6 Å². The SMILES string of the molecule is Cc1ccc(CN2CCC3(CC2)CN(C(=O)c2ccc(F)cc2)c2ccc(F)cc23)cc1. The Hall–Kier alpha value is -3.05. The second-order valence-corrected chi connectivity index (χ2v) is 9.10. The monoisotopic (exact) mass is 432 g/mol. The van der Waals surface area contributed by atoms with Crippen molar-refractivity contribution in [1.29, 1.82) is 0 Å². The number of carbonyl (C=O) groups excluding carboxylic acids is 1. The van der Waals surface area contributed by atoms with Crippen LogP contribution in [0.15, 0.2) is 66.7 Å². The molecule has 0 aromatic heterocycles. The Labute approximate surface area is 187 Å². The van der Waals surface area contributed by atoms with E-state index in [1.54, 1.807) is 17.0 Å².